The highest BCUT2D eigenvalue weighted by Gasteiger charge is 2.17. The lowest BCUT2D eigenvalue weighted by Crippen LogP contribution is -2.20. The molecule has 2 heterocycles. The quantitative estimate of drug-likeness (QED) is 0.944. The lowest BCUT2D eigenvalue weighted by molar-refractivity contribution is -0.117. The molecular formula is C14H14N2O3S. The molecule has 0 atom stereocenters. The summed E-state index contributed by atoms with van der Waals surface area (Å²) >= 11 is 1.45. The van der Waals surface area contributed by atoms with Gasteiger partial charge in [0, 0.05) is 0 Å². The Bertz CT molecular complexity index is 678. The summed E-state index contributed by atoms with van der Waals surface area (Å²) in [6.07, 6.45) is 2.25. The number of benzene rings is 1. The number of aromatic nitrogens is 1. The number of para-hydroxylation sites is 1. The van der Waals surface area contributed by atoms with Gasteiger partial charge in [-0.15, -0.1) is 0 Å². The number of anilines is 1. The average molecular weight is 290 g/mol. The summed E-state index contributed by atoms with van der Waals surface area (Å²) in [6.45, 7) is 2.95. The molecule has 0 unspecified atom stereocenters. The van der Waals surface area contributed by atoms with Gasteiger partial charge in [-0.25, -0.2) is 4.98 Å². The van der Waals surface area contributed by atoms with Crippen molar-refractivity contribution in [1.82, 2.24) is 4.98 Å². The highest BCUT2D eigenvalue weighted by Crippen LogP contribution is 2.28. The highest BCUT2D eigenvalue weighted by molar-refractivity contribution is 7.22. The lowest BCUT2D eigenvalue weighted by atomic mass is 10.1. The van der Waals surface area contributed by atoms with Gasteiger partial charge in [0.25, 0.3) is 5.91 Å². The topological polar surface area (TPSA) is 60.5 Å². The van der Waals surface area contributed by atoms with Gasteiger partial charge in [-0.3, -0.25) is 10.1 Å². The molecule has 1 aromatic heterocycles. The Kier molecular flexibility index (Phi) is 3.56. The monoisotopic (exact) mass is 290 g/mol. The number of hydrogen-bond acceptors (Lipinski definition) is 5. The molecule has 6 heteroatoms. The van der Waals surface area contributed by atoms with E-state index in [0.717, 1.165) is 16.6 Å². The predicted molar refractivity (Wildman–Crippen MR) is 77.6 cm³/mol. The maximum Gasteiger partial charge on any atom is 0.295 e. The van der Waals surface area contributed by atoms with Crippen LogP contribution in [0.4, 0.5) is 5.13 Å². The minimum absolute atomic E-state index is 0.186. The molecule has 0 aliphatic carbocycles. The van der Waals surface area contributed by atoms with Crippen molar-refractivity contribution in [2.24, 2.45) is 0 Å². The van der Waals surface area contributed by atoms with Crippen LogP contribution in [-0.2, 0) is 20.7 Å². The second-order valence-corrected chi connectivity index (χ2v) is 5.32. The van der Waals surface area contributed by atoms with Crippen LogP contribution in [0.15, 0.2) is 30.2 Å². The van der Waals surface area contributed by atoms with Crippen molar-refractivity contribution < 1.29 is 14.3 Å². The Labute approximate surface area is 120 Å². The highest BCUT2D eigenvalue weighted by atomic mass is 32.1. The zero-order chi connectivity index (χ0) is 13.9. The van der Waals surface area contributed by atoms with Crippen molar-refractivity contribution in [3.8, 4) is 0 Å². The van der Waals surface area contributed by atoms with Gasteiger partial charge >= 0.3 is 0 Å². The molecule has 1 amide bonds. The summed E-state index contributed by atoms with van der Waals surface area (Å²) in [5.41, 5.74) is 2.13. The summed E-state index contributed by atoms with van der Waals surface area (Å²) in [5.74, 6) is -0.145. The van der Waals surface area contributed by atoms with Gasteiger partial charge in [-0.2, -0.15) is 0 Å². The molecule has 0 spiro atoms. The fourth-order valence-electron chi connectivity index (χ4n) is 1.99. The van der Waals surface area contributed by atoms with Gasteiger partial charge in [-0.1, -0.05) is 30.4 Å². The Morgan fingerprint density at radius 2 is 2.35 bits per heavy atom. The zero-order valence-corrected chi connectivity index (χ0v) is 11.8. The number of hydrogen-bond donors (Lipinski definition) is 1. The number of fused-ring (bicyclic) bond motifs is 1. The van der Waals surface area contributed by atoms with E-state index in [1.54, 1.807) is 0 Å². The van der Waals surface area contributed by atoms with E-state index in [2.05, 4.69) is 17.2 Å². The lowest BCUT2D eigenvalue weighted by Gasteiger charge is -2.14. The normalized spacial score (nSPS) is 14.3. The van der Waals surface area contributed by atoms with Gasteiger partial charge in [0.1, 0.15) is 19.5 Å². The molecular weight excluding hydrogens is 276 g/mol. The average Bonchev–Trinajstić information content (AvgIpc) is 2.90. The first-order valence-corrected chi connectivity index (χ1v) is 7.24. The third-order valence-electron chi connectivity index (χ3n) is 2.98. The Balaban J connectivity index is 1.84. The zero-order valence-electron chi connectivity index (χ0n) is 11.0. The maximum absolute atomic E-state index is 12.0. The number of thiazole rings is 1. The van der Waals surface area contributed by atoms with E-state index in [1.807, 2.05) is 18.2 Å². The molecule has 5 nitrogen and oxygen atoms in total. The van der Waals surface area contributed by atoms with E-state index in [0.29, 0.717) is 18.3 Å². The van der Waals surface area contributed by atoms with E-state index in [-0.39, 0.29) is 11.7 Å². The maximum atomic E-state index is 12.0. The molecule has 104 valence electrons. The van der Waals surface area contributed by atoms with Crippen molar-refractivity contribution in [3.63, 3.8) is 0 Å². The van der Waals surface area contributed by atoms with E-state index >= 15 is 0 Å². The van der Waals surface area contributed by atoms with Crippen molar-refractivity contribution >= 4 is 32.6 Å². The number of carbonyl (C=O) groups is 1. The molecule has 1 aliphatic rings. The summed E-state index contributed by atoms with van der Waals surface area (Å²) in [5, 5.41) is 3.32. The van der Waals surface area contributed by atoms with Gasteiger partial charge in [0.05, 0.1) is 10.2 Å². The number of amides is 1. The van der Waals surface area contributed by atoms with Gasteiger partial charge in [0.2, 0.25) is 5.76 Å². The number of aryl methyl sites for hydroxylation is 1. The molecule has 1 N–H and O–H groups in total. The molecule has 3 rings (SSSR count). The first-order chi connectivity index (χ1) is 9.78. The van der Waals surface area contributed by atoms with Crippen LogP contribution in [0.25, 0.3) is 10.2 Å². The van der Waals surface area contributed by atoms with E-state index < -0.39 is 0 Å². The summed E-state index contributed by atoms with van der Waals surface area (Å²) in [7, 11) is 0. The third-order valence-corrected chi connectivity index (χ3v) is 3.91. The first kappa shape index (κ1) is 12.9. The molecule has 1 aromatic carbocycles. The Hall–Kier alpha value is -2.08. The van der Waals surface area contributed by atoms with E-state index in [4.69, 9.17) is 9.47 Å². The van der Waals surface area contributed by atoms with Gasteiger partial charge in [0.15, 0.2) is 5.13 Å². The summed E-state index contributed by atoms with van der Waals surface area (Å²) in [4.78, 5) is 16.5. The molecule has 0 bridgehead atoms. The van der Waals surface area contributed by atoms with Crippen LogP contribution >= 0.6 is 11.3 Å². The number of rotatable bonds is 3. The minimum Gasteiger partial charge on any atom is -0.494 e. The fraction of sp³-hybridized carbons (Fsp3) is 0.286. The molecule has 20 heavy (non-hydrogen) atoms. The van der Waals surface area contributed by atoms with Crippen LogP contribution in [0.3, 0.4) is 0 Å². The number of nitrogens with zero attached hydrogens (tertiary/aromatic N) is 1. The molecule has 0 saturated heterocycles. The van der Waals surface area contributed by atoms with E-state index in [9.17, 15) is 4.79 Å². The van der Waals surface area contributed by atoms with Crippen LogP contribution in [0, 0.1) is 0 Å². The standard InChI is InChI=1S/C14H14N2O3S/c1-2-9-4-3-5-11-12(9)15-14(20-11)16-13(17)10-8-18-6-7-19-10/h3-5,8H,2,6-7H2,1H3,(H,15,16,17). The third kappa shape index (κ3) is 2.46. The van der Waals surface area contributed by atoms with Crippen LogP contribution in [-0.4, -0.2) is 24.1 Å². The molecule has 0 saturated carbocycles. The molecule has 0 fully saturated rings. The van der Waals surface area contributed by atoms with Crippen molar-refractivity contribution in [3.05, 3.63) is 35.8 Å². The predicted octanol–water partition coefficient (Wildman–Crippen LogP) is 2.69. The molecule has 0 radical (unpaired) electrons. The Morgan fingerprint density at radius 3 is 3.10 bits per heavy atom. The largest absolute Gasteiger partial charge is 0.494 e. The van der Waals surface area contributed by atoms with Crippen LogP contribution in [0.1, 0.15) is 12.5 Å². The second-order valence-electron chi connectivity index (χ2n) is 4.29. The smallest absolute Gasteiger partial charge is 0.295 e. The van der Waals surface area contributed by atoms with Crippen LogP contribution < -0.4 is 5.32 Å². The first-order valence-electron chi connectivity index (χ1n) is 6.42. The van der Waals surface area contributed by atoms with Crippen molar-refractivity contribution in [1.29, 1.82) is 0 Å². The number of ether oxygens (including phenoxy) is 2. The number of carbonyl (C=O) groups excluding carboxylic acids is 1. The summed E-state index contributed by atoms with van der Waals surface area (Å²) in [6, 6.07) is 6.06. The van der Waals surface area contributed by atoms with Crippen molar-refractivity contribution in [2.75, 3.05) is 18.5 Å². The fourth-order valence-corrected chi connectivity index (χ4v) is 2.90. The van der Waals surface area contributed by atoms with Crippen LogP contribution in [0.2, 0.25) is 0 Å². The Morgan fingerprint density at radius 1 is 1.45 bits per heavy atom. The SMILES string of the molecule is CCc1cccc2sc(NC(=O)C3=COCCO3)nc12. The number of nitrogens with one attached hydrogen (secondary N) is 1. The van der Waals surface area contributed by atoms with Gasteiger partial charge in [-0.05, 0) is 18.1 Å². The molecule has 1 aliphatic heterocycles. The van der Waals surface area contributed by atoms with E-state index in [1.165, 1.54) is 23.2 Å². The minimum atomic E-state index is -0.332. The van der Waals surface area contributed by atoms with Crippen LogP contribution in [0.5, 0.6) is 0 Å². The second kappa shape index (κ2) is 5.50. The van der Waals surface area contributed by atoms with Crippen molar-refractivity contribution in [2.45, 2.75) is 13.3 Å². The molecule has 2 aromatic rings. The van der Waals surface area contributed by atoms with Gasteiger partial charge < -0.3 is 9.47 Å². The summed E-state index contributed by atoms with van der Waals surface area (Å²) < 4.78 is 11.4.